The molecule has 0 aliphatic rings. The van der Waals surface area contributed by atoms with E-state index in [1.807, 2.05) is 0 Å². The maximum absolute atomic E-state index is 11.1. The van der Waals surface area contributed by atoms with Crippen molar-refractivity contribution in [1.82, 2.24) is 0 Å². The van der Waals surface area contributed by atoms with E-state index in [1.165, 1.54) is 24.3 Å². The molecule has 0 aromatic heterocycles. The number of benzene rings is 2. The van der Waals surface area contributed by atoms with E-state index < -0.39 is 15.5 Å². The van der Waals surface area contributed by atoms with Gasteiger partial charge in [0.2, 0.25) is 0 Å². The standard InChI is InChI=1S/C12H7Cl2N3O4S/c13-6-3-8(14)12(15)11(4-6)22-10-2-1-7(16(18)19)5-9(10)17(20)21/h1-5H,15H2. The van der Waals surface area contributed by atoms with Crippen LogP contribution >= 0.6 is 35.0 Å². The first-order chi connectivity index (χ1) is 10.3. The lowest BCUT2D eigenvalue weighted by Gasteiger charge is -2.08. The third-order valence-corrected chi connectivity index (χ3v) is 4.28. The SMILES string of the molecule is Nc1c(Cl)cc(Cl)cc1Sc1ccc([N+](=O)[O-])cc1[N+](=O)[O-]. The maximum atomic E-state index is 11.1. The number of nitro groups is 2. The summed E-state index contributed by atoms with van der Waals surface area (Å²) in [5, 5.41) is 22.3. The number of halogens is 2. The second kappa shape index (κ2) is 6.39. The predicted molar refractivity (Wildman–Crippen MR) is 84.7 cm³/mol. The van der Waals surface area contributed by atoms with Crippen molar-refractivity contribution in [3.63, 3.8) is 0 Å². The fraction of sp³-hybridized carbons (Fsp3) is 0. The molecule has 10 heteroatoms. The Bertz CT molecular complexity index is 785. The van der Waals surface area contributed by atoms with Crippen molar-refractivity contribution >= 4 is 52.0 Å². The monoisotopic (exact) mass is 359 g/mol. The molecule has 2 aromatic carbocycles. The molecule has 0 amide bonds. The molecular weight excluding hydrogens is 353 g/mol. The lowest BCUT2D eigenvalue weighted by Crippen LogP contribution is -1.95. The molecule has 114 valence electrons. The smallest absolute Gasteiger partial charge is 0.290 e. The zero-order valence-corrected chi connectivity index (χ0v) is 13.0. The van der Waals surface area contributed by atoms with Crippen LogP contribution in [0.25, 0.3) is 0 Å². The highest BCUT2D eigenvalue weighted by Gasteiger charge is 2.21. The van der Waals surface area contributed by atoms with Crippen molar-refractivity contribution in [2.45, 2.75) is 9.79 Å². The van der Waals surface area contributed by atoms with E-state index in [1.54, 1.807) is 0 Å². The molecule has 22 heavy (non-hydrogen) atoms. The summed E-state index contributed by atoms with van der Waals surface area (Å²) in [6.45, 7) is 0. The molecule has 0 fully saturated rings. The Morgan fingerprint density at radius 1 is 1.00 bits per heavy atom. The molecule has 0 radical (unpaired) electrons. The summed E-state index contributed by atoms with van der Waals surface area (Å²) in [4.78, 5) is 21.0. The van der Waals surface area contributed by atoms with Gasteiger partial charge in [-0.15, -0.1) is 0 Å². The van der Waals surface area contributed by atoms with Crippen LogP contribution in [0.3, 0.4) is 0 Å². The predicted octanol–water partition coefficient (Wildman–Crippen LogP) is 4.54. The molecule has 0 saturated heterocycles. The number of non-ortho nitro benzene ring substituents is 1. The Balaban J connectivity index is 2.50. The van der Waals surface area contributed by atoms with Gasteiger partial charge in [0.15, 0.2) is 0 Å². The molecule has 0 heterocycles. The van der Waals surface area contributed by atoms with Gasteiger partial charge in [-0.2, -0.15) is 0 Å². The second-order valence-corrected chi connectivity index (χ2v) is 6.00. The van der Waals surface area contributed by atoms with Gasteiger partial charge in [-0.1, -0.05) is 35.0 Å². The van der Waals surface area contributed by atoms with Crippen LogP contribution in [-0.2, 0) is 0 Å². The number of nitro benzene ring substituents is 2. The summed E-state index contributed by atoms with van der Waals surface area (Å²) >= 11 is 12.7. The molecule has 0 aliphatic heterocycles. The minimum atomic E-state index is -0.702. The average Bonchev–Trinajstić information content (AvgIpc) is 2.44. The molecule has 2 N–H and O–H groups in total. The minimum absolute atomic E-state index is 0.195. The lowest BCUT2D eigenvalue weighted by atomic mass is 10.3. The Kier molecular flexibility index (Phi) is 4.74. The van der Waals surface area contributed by atoms with Gasteiger partial charge >= 0.3 is 0 Å². The fourth-order valence-corrected chi connectivity index (χ4v) is 3.24. The number of rotatable bonds is 4. The number of hydrogen-bond acceptors (Lipinski definition) is 6. The summed E-state index contributed by atoms with van der Waals surface area (Å²) < 4.78 is 0. The van der Waals surface area contributed by atoms with Crippen LogP contribution in [0.15, 0.2) is 40.1 Å². The van der Waals surface area contributed by atoms with E-state index >= 15 is 0 Å². The van der Waals surface area contributed by atoms with Crippen LogP contribution in [-0.4, -0.2) is 9.85 Å². The van der Waals surface area contributed by atoms with E-state index in [9.17, 15) is 20.2 Å². The molecule has 0 spiro atoms. The number of anilines is 1. The van der Waals surface area contributed by atoms with E-state index in [4.69, 9.17) is 28.9 Å². The van der Waals surface area contributed by atoms with Crippen molar-refractivity contribution in [2.75, 3.05) is 5.73 Å². The normalized spacial score (nSPS) is 10.5. The van der Waals surface area contributed by atoms with E-state index in [0.717, 1.165) is 17.8 Å². The van der Waals surface area contributed by atoms with Gasteiger partial charge in [-0.05, 0) is 18.2 Å². The van der Waals surface area contributed by atoms with Crippen molar-refractivity contribution in [3.8, 4) is 0 Å². The third kappa shape index (κ3) is 3.41. The van der Waals surface area contributed by atoms with Gasteiger partial charge in [-0.3, -0.25) is 20.2 Å². The Morgan fingerprint density at radius 2 is 1.68 bits per heavy atom. The van der Waals surface area contributed by atoms with Crippen LogP contribution in [0.2, 0.25) is 10.0 Å². The highest BCUT2D eigenvalue weighted by Crippen LogP contribution is 2.42. The van der Waals surface area contributed by atoms with Gasteiger partial charge in [0.05, 0.1) is 31.5 Å². The van der Waals surface area contributed by atoms with Crippen LogP contribution < -0.4 is 5.73 Å². The first kappa shape index (κ1) is 16.3. The molecule has 2 rings (SSSR count). The van der Waals surface area contributed by atoms with Crippen molar-refractivity contribution in [2.24, 2.45) is 0 Å². The molecular formula is C12H7Cl2N3O4S. The Hall–Kier alpha value is -2.03. The maximum Gasteiger partial charge on any atom is 0.290 e. The first-order valence-electron chi connectivity index (χ1n) is 5.65. The first-order valence-corrected chi connectivity index (χ1v) is 7.22. The van der Waals surface area contributed by atoms with Crippen LogP contribution in [0, 0.1) is 20.2 Å². The van der Waals surface area contributed by atoms with Gasteiger partial charge in [0.25, 0.3) is 11.4 Å². The van der Waals surface area contributed by atoms with Crippen LogP contribution in [0.5, 0.6) is 0 Å². The van der Waals surface area contributed by atoms with Gasteiger partial charge < -0.3 is 5.73 Å². The average molecular weight is 360 g/mol. The second-order valence-electron chi connectivity index (χ2n) is 4.07. The van der Waals surface area contributed by atoms with E-state index in [2.05, 4.69) is 0 Å². The van der Waals surface area contributed by atoms with Crippen molar-refractivity contribution in [3.05, 3.63) is 60.6 Å². The van der Waals surface area contributed by atoms with Gasteiger partial charge in [0.1, 0.15) is 0 Å². The minimum Gasteiger partial charge on any atom is -0.397 e. The zero-order valence-electron chi connectivity index (χ0n) is 10.7. The fourth-order valence-electron chi connectivity index (χ4n) is 1.61. The summed E-state index contributed by atoms with van der Waals surface area (Å²) in [5.41, 5.74) is 5.28. The number of nitrogen functional groups attached to an aromatic ring is 1. The lowest BCUT2D eigenvalue weighted by molar-refractivity contribution is -0.396. The highest BCUT2D eigenvalue weighted by molar-refractivity contribution is 7.99. The summed E-state index contributed by atoms with van der Waals surface area (Å²) in [6, 6.07) is 6.32. The third-order valence-electron chi connectivity index (χ3n) is 2.63. The van der Waals surface area contributed by atoms with Crippen molar-refractivity contribution < 1.29 is 9.85 Å². The summed E-state index contributed by atoms with van der Waals surface area (Å²) in [5.74, 6) is 0. The molecule has 7 nitrogen and oxygen atoms in total. The molecule has 0 aliphatic carbocycles. The molecule has 2 aromatic rings. The van der Waals surface area contributed by atoms with E-state index in [0.29, 0.717) is 9.92 Å². The van der Waals surface area contributed by atoms with E-state index in [-0.39, 0.29) is 21.3 Å². The summed E-state index contributed by atoms with van der Waals surface area (Å²) in [6.07, 6.45) is 0. The molecule has 0 bridgehead atoms. The van der Waals surface area contributed by atoms with Crippen LogP contribution in [0.1, 0.15) is 0 Å². The topological polar surface area (TPSA) is 112 Å². The Labute approximate surface area is 138 Å². The van der Waals surface area contributed by atoms with Crippen molar-refractivity contribution in [1.29, 1.82) is 0 Å². The van der Waals surface area contributed by atoms with Gasteiger partial charge in [0, 0.05) is 16.0 Å². The van der Waals surface area contributed by atoms with Crippen LogP contribution in [0.4, 0.5) is 17.1 Å². The van der Waals surface area contributed by atoms with Gasteiger partial charge in [-0.25, -0.2) is 0 Å². The number of nitrogens with zero attached hydrogens (tertiary/aromatic N) is 2. The number of hydrogen-bond donors (Lipinski definition) is 1. The largest absolute Gasteiger partial charge is 0.397 e. The quantitative estimate of drug-likeness (QED) is 0.486. The molecule has 0 atom stereocenters. The number of nitrogens with two attached hydrogens (primary N) is 1. The molecule has 0 unspecified atom stereocenters. The summed E-state index contributed by atoms with van der Waals surface area (Å²) in [7, 11) is 0. The highest BCUT2D eigenvalue weighted by atomic mass is 35.5. The Morgan fingerprint density at radius 3 is 2.27 bits per heavy atom. The molecule has 0 saturated carbocycles. The zero-order chi connectivity index (χ0) is 16.4.